The third-order valence-corrected chi connectivity index (χ3v) is 3.60. The van der Waals surface area contributed by atoms with Gasteiger partial charge in [0.2, 0.25) is 5.82 Å². The summed E-state index contributed by atoms with van der Waals surface area (Å²) in [6.07, 6.45) is 0. The maximum Gasteiger partial charge on any atom is 0.263 e. The van der Waals surface area contributed by atoms with Gasteiger partial charge in [0.25, 0.3) is 5.89 Å². The maximum absolute atomic E-state index is 13.4. The van der Waals surface area contributed by atoms with Crippen LogP contribution in [0.4, 0.5) is 9.39 Å². The Morgan fingerprint density at radius 2 is 2.05 bits per heavy atom. The molecule has 5 nitrogen and oxygen atoms in total. The van der Waals surface area contributed by atoms with Gasteiger partial charge in [0, 0.05) is 5.56 Å². The molecule has 0 atom stereocenters. The highest BCUT2D eigenvalue weighted by Crippen LogP contribution is 2.32. The summed E-state index contributed by atoms with van der Waals surface area (Å²) in [6, 6.07) is 4.60. The van der Waals surface area contributed by atoms with E-state index in [0.29, 0.717) is 27.8 Å². The molecule has 20 heavy (non-hydrogen) atoms. The fourth-order valence-corrected chi connectivity index (χ4v) is 2.61. The number of aryl methyl sites for hydroxylation is 2. The van der Waals surface area contributed by atoms with Gasteiger partial charge in [-0.3, -0.25) is 0 Å². The minimum atomic E-state index is -0.334. The van der Waals surface area contributed by atoms with Gasteiger partial charge < -0.3 is 10.3 Å². The van der Waals surface area contributed by atoms with Crippen LogP contribution in [0.3, 0.4) is 0 Å². The number of aromatic nitrogens is 3. The molecule has 0 fully saturated rings. The zero-order valence-electron chi connectivity index (χ0n) is 10.8. The van der Waals surface area contributed by atoms with Crippen LogP contribution in [0.2, 0.25) is 0 Å². The molecule has 0 bridgehead atoms. The molecule has 102 valence electrons. The normalized spacial score (nSPS) is 10.9. The molecule has 2 N–H and O–H groups in total. The molecule has 3 rings (SSSR count). The van der Waals surface area contributed by atoms with Crippen molar-refractivity contribution in [2.24, 2.45) is 0 Å². The summed E-state index contributed by atoms with van der Waals surface area (Å²) in [6.45, 7) is 3.62. The minimum absolute atomic E-state index is 0.297. The quantitative estimate of drug-likeness (QED) is 0.784. The molecule has 3 aromatic rings. The van der Waals surface area contributed by atoms with Crippen LogP contribution in [-0.4, -0.2) is 14.5 Å². The van der Waals surface area contributed by atoms with Gasteiger partial charge in [-0.2, -0.15) is 9.36 Å². The second kappa shape index (κ2) is 4.68. The molecular formula is C13H11FN4OS. The van der Waals surface area contributed by atoms with Gasteiger partial charge in [0.1, 0.15) is 10.8 Å². The molecule has 1 aromatic carbocycles. The van der Waals surface area contributed by atoms with Crippen LogP contribution in [0, 0.1) is 19.7 Å². The summed E-state index contributed by atoms with van der Waals surface area (Å²) in [5.74, 6) is 0.289. The molecule has 0 spiro atoms. The van der Waals surface area contributed by atoms with E-state index < -0.39 is 0 Å². The van der Waals surface area contributed by atoms with Crippen LogP contribution in [0.15, 0.2) is 22.7 Å². The number of hydrogen-bond acceptors (Lipinski definition) is 6. The first kappa shape index (κ1) is 12.7. The molecule has 0 saturated heterocycles. The Hall–Kier alpha value is -2.28. The predicted molar refractivity (Wildman–Crippen MR) is 74.7 cm³/mol. The van der Waals surface area contributed by atoms with Gasteiger partial charge in [-0.15, -0.1) is 0 Å². The molecule has 0 amide bonds. The first-order chi connectivity index (χ1) is 9.54. The van der Waals surface area contributed by atoms with E-state index in [1.54, 1.807) is 13.0 Å². The van der Waals surface area contributed by atoms with Gasteiger partial charge in [0.15, 0.2) is 0 Å². The Bertz CT molecular complexity index is 741. The van der Waals surface area contributed by atoms with E-state index in [1.165, 1.54) is 23.7 Å². The van der Waals surface area contributed by atoms with Crippen molar-refractivity contribution in [2.45, 2.75) is 13.8 Å². The average Bonchev–Trinajstić information content (AvgIpc) is 2.95. The van der Waals surface area contributed by atoms with Crippen molar-refractivity contribution in [1.82, 2.24) is 14.5 Å². The Balaban J connectivity index is 2.06. The molecular weight excluding hydrogens is 279 g/mol. The summed E-state index contributed by atoms with van der Waals surface area (Å²) in [5.41, 5.74) is 8.57. The van der Waals surface area contributed by atoms with Crippen LogP contribution >= 0.6 is 11.5 Å². The van der Waals surface area contributed by atoms with E-state index in [9.17, 15) is 4.39 Å². The van der Waals surface area contributed by atoms with E-state index >= 15 is 0 Å². The molecule has 0 aliphatic carbocycles. The van der Waals surface area contributed by atoms with E-state index in [0.717, 1.165) is 11.3 Å². The Kier molecular flexibility index (Phi) is 2.98. The van der Waals surface area contributed by atoms with Crippen molar-refractivity contribution in [2.75, 3.05) is 5.73 Å². The molecule has 7 heteroatoms. The lowest BCUT2D eigenvalue weighted by atomic mass is 10.1. The highest BCUT2D eigenvalue weighted by molar-refractivity contribution is 7.10. The number of hydrogen-bond donors (Lipinski definition) is 1. The number of halogens is 1. The zero-order chi connectivity index (χ0) is 14.3. The van der Waals surface area contributed by atoms with E-state index in [1.807, 2.05) is 6.92 Å². The first-order valence-corrected chi connectivity index (χ1v) is 6.65. The largest absolute Gasteiger partial charge is 0.389 e. The van der Waals surface area contributed by atoms with Crippen molar-refractivity contribution < 1.29 is 8.91 Å². The van der Waals surface area contributed by atoms with Crippen molar-refractivity contribution in [3.05, 3.63) is 35.3 Å². The van der Waals surface area contributed by atoms with Crippen LogP contribution in [0.1, 0.15) is 11.3 Å². The zero-order valence-corrected chi connectivity index (χ0v) is 11.7. The molecule has 0 unspecified atom stereocenters. The number of anilines is 1. The van der Waals surface area contributed by atoms with Gasteiger partial charge in [-0.05, 0) is 49.1 Å². The van der Waals surface area contributed by atoms with E-state index in [4.69, 9.17) is 10.3 Å². The van der Waals surface area contributed by atoms with Gasteiger partial charge >= 0.3 is 0 Å². The molecule has 0 radical (unpaired) electrons. The smallest absolute Gasteiger partial charge is 0.263 e. The topological polar surface area (TPSA) is 77.8 Å². The number of nitrogens with two attached hydrogens (primary N) is 1. The van der Waals surface area contributed by atoms with Crippen molar-refractivity contribution in [3.63, 3.8) is 0 Å². The lowest BCUT2D eigenvalue weighted by Crippen LogP contribution is -1.88. The average molecular weight is 290 g/mol. The Labute approximate surface area is 118 Å². The van der Waals surface area contributed by atoms with Crippen LogP contribution in [-0.2, 0) is 0 Å². The number of nitrogens with zero attached hydrogens (tertiary/aromatic N) is 3. The Morgan fingerprint density at radius 3 is 2.70 bits per heavy atom. The third kappa shape index (κ3) is 2.16. The maximum atomic E-state index is 13.4. The highest BCUT2D eigenvalue weighted by atomic mass is 32.1. The first-order valence-electron chi connectivity index (χ1n) is 5.88. The molecule has 2 heterocycles. The fraction of sp³-hybridized carbons (Fsp3) is 0.154. The van der Waals surface area contributed by atoms with Gasteiger partial charge in [0.05, 0.1) is 11.3 Å². The minimum Gasteiger partial charge on any atom is -0.389 e. The lowest BCUT2D eigenvalue weighted by molar-refractivity contribution is 0.432. The van der Waals surface area contributed by atoms with Crippen LogP contribution in [0.5, 0.6) is 0 Å². The standard InChI is InChI=1S/C13H11FN4OS/c1-6-3-8(5-9(14)4-6)12-16-13(19-17-12)10-7(2)18-20-11(10)15/h3-5H,15H2,1-2H3. The highest BCUT2D eigenvalue weighted by Gasteiger charge is 2.18. The van der Waals surface area contributed by atoms with Crippen molar-refractivity contribution in [1.29, 1.82) is 0 Å². The molecule has 2 aromatic heterocycles. The summed E-state index contributed by atoms with van der Waals surface area (Å²) >= 11 is 1.18. The molecule has 0 saturated carbocycles. The third-order valence-electron chi connectivity index (χ3n) is 2.83. The SMILES string of the molecule is Cc1cc(F)cc(-c2noc(-c3c(C)nsc3N)n2)c1. The van der Waals surface area contributed by atoms with Crippen LogP contribution < -0.4 is 5.73 Å². The second-order valence-corrected chi connectivity index (χ2v) is 5.25. The number of nitrogen functional groups attached to an aromatic ring is 1. The summed E-state index contributed by atoms with van der Waals surface area (Å²) in [5, 5.41) is 4.40. The summed E-state index contributed by atoms with van der Waals surface area (Å²) in [7, 11) is 0. The second-order valence-electron chi connectivity index (χ2n) is 4.45. The van der Waals surface area contributed by atoms with E-state index in [-0.39, 0.29) is 5.82 Å². The summed E-state index contributed by atoms with van der Waals surface area (Å²) < 4.78 is 22.7. The monoisotopic (exact) mass is 290 g/mol. The molecule has 0 aliphatic rings. The van der Waals surface area contributed by atoms with E-state index in [2.05, 4.69) is 14.5 Å². The molecule has 0 aliphatic heterocycles. The van der Waals surface area contributed by atoms with Gasteiger partial charge in [-0.25, -0.2) is 4.39 Å². The van der Waals surface area contributed by atoms with Gasteiger partial charge in [-0.1, -0.05) is 5.16 Å². The Morgan fingerprint density at radius 1 is 1.25 bits per heavy atom. The van der Waals surface area contributed by atoms with Crippen molar-refractivity contribution >= 4 is 16.5 Å². The number of benzene rings is 1. The lowest BCUT2D eigenvalue weighted by Gasteiger charge is -1.97. The fourth-order valence-electron chi connectivity index (χ4n) is 1.96. The number of rotatable bonds is 2. The van der Waals surface area contributed by atoms with Crippen LogP contribution in [0.25, 0.3) is 22.8 Å². The van der Waals surface area contributed by atoms with Crippen molar-refractivity contribution in [3.8, 4) is 22.8 Å². The predicted octanol–water partition coefficient (Wildman–Crippen LogP) is 3.20. The summed E-state index contributed by atoms with van der Waals surface area (Å²) in [4.78, 5) is 4.27.